The first kappa shape index (κ1) is 19.8. The molecule has 5 heteroatoms. The van der Waals surface area contributed by atoms with Crippen molar-refractivity contribution in [1.29, 1.82) is 0 Å². The van der Waals surface area contributed by atoms with Gasteiger partial charge in [0.1, 0.15) is 5.75 Å². The van der Waals surface area contributed by atoms with Crippen molar-refractivity contribution in [3.63, 3.8) is 0 Å². The second-order valence-electron chi connectivity index (χ2n) is 7.08. The van der Waals surface area contributed by atoms with Gasteiger partial charge < -0.3 is 9.64 Å². The zero-order valence-corrected chi connectivity index (χ0v) is 16.3. The zero-order chi connectivity index (χ0) is 20.1. The second kappa shape index (κ2) is 8.38. The van der Waals surface area contributed by atoms with Gasteiger partial charge in [-0.25, -0.2) is 0 Å². The van der Waals surface area contributed by atoms with Gasteiger partial charge in [0.15, 0.2) is 17.0 Å². The van der Waals surface area contributed by atoms with E-state index in [-0.39, 0.29) is 0 Å². The van der Waals surface area contributed by atoms with Crippen LogP contribution in [0.25, 0.3) is 0 Å². The van der Waals surface area contributed by atoms with E-state index in [1.807, 2.05) is 0 Å². The number of hydrogen-bond acceptors (Lipinski definition) is 4. The van der Waals surface area contributed by atoms with Crippen LogP contribution in [0.3, 0.4) is 0 Å². The molecule has 1 unspecified atom stereocenters. The lowest BCUT2D eigenvalue weighted by Crippen LogP contribution is -2.57. The van der Waals surface area contributed by atoms with Gasteiger partial charge in [0.2, 0.25) is 5.91 Å². The van der Waals surface area contributed by atoms with Gasteiger partial charge in [0, 0.05) is 18.7 Å². The van der Waals surface area contributed by atoms with Crippen LogP contribution in [-0.2, 0) is 15.0 Å². The zero-order valence-electron chi connectivity index (χ0n) is 16.3. The number of carbonyl (C=O) groups is 3. The van der Waals surface area contributed by atoms with Crippen molar-refractivity contribution >= 4 is 17.5 Å². The second-order valence-corrected chi connectivity index (χ2v) is 7.08. The fraction of sp³-hybridized carbons (Fsp3) is 0.348. The molecule has 1 amide bonds. The van der Waals surface area contributed by atoms with E-state index in [4.69, 9.17) is 4.74 Å². The van der Waals surface area contributed by atoms with Gasteiger partial charge in [-0.1, -0.05) is 42.5 Å². The smallest absolute Gasteiger partial charge is 0.248 e. The van der Waals surface area contributed by atoms with E-state index < -0.39 is 22.9 Å². The molecule has 3 rings (SSSR count). The lowest BCUT2D eigenvalue weighted by atomic mass is 9.70. The Hall–Kier alpha value is -2.95. The summed E-state index contributed by atoms with van der Waals surface area (Å²) in [5, 5.41) is 0. The Morgan fingerprint density at radius 3 is 2.04 bits per heavy atom. The Kier molecular flexibility index (Phi) is 5.93. The first-order valence-corrected chi connectivity index (χ1v) is 9.56. The number of methoxy groups -OCH3 is 1. The summed E-state index contributed by atoms with van der Waals surface area (Å²) in [6.45, 7) is 2.45. The highest BCUT2D eigenvalue weighted by Crippen LogP contribution is 2.34. The van der Waals surface area contributed by atoms with Crippen LogP contribution in [0.1, 0.15) is 42.1 Å². The lowest BCUT2D eigenvalue weighted by molar-refractivity contribution is -0.141. The Bertz CT molecular complexity index is 854. The van der Waals surface area contributed by atoms with Crippen molar-refractivity contribution < 1.29 is 19.1 Å². The summed E-state index contributed by atoms with van der Waals surface area (Å²) >= 11 is 0. The van der Waals surface area contributed by atoms with Crippen LogP contribution in [0.4, 0.5) is 0 Å². The van der Waals surface area contributed by atoms with Crippen LogP contribution < -0.4 is 4.74 Å². The van der Waals surface area contributed by atoms with E-state index >= 15 is 0 Å². The third-order valence-corrected chi connectivity index (χ3v) is 5.39. The largest absolute Gasteiger partial charge is 0.497 e. The van der Waals surface area contributed by atoms with E-state index in [1.54, 1.807) is 66.6 Å². The number of ketones is 2. The number of piperidine rings is 1. The molecule has 1 atom stereocenters. The van der Waals surface area contributed by atoms with Gasteiger partial charge >= 0.3 is 0 Å². The summed E-state index contributed by atoms with van der Waals surface area (Å²) in [6.07, 6.45) is 2.80. The maximum atomic E-state index is 13.7. The Labute approximate surface area is 165 Å². The van der Waals surface area contributed by atoms with E-state index in [0.717, 1.165) is 19.3 Å². The number of hydrogen-bond donors (Lipinski definition) is 0. The average molecular weight is 379 g/mol. The first-order valence-electron chi connectivity index (χ1n) is 9.56. The predicted octanol–water partition coefficient (Wildman–Crippen LogP) is 3.42. The minimum absolute atomic E-state index is 0.346. The standard InChI is InChI=1S/C23H25NO4/c1-17(25)23(19-11-13-20(28-2)14-12-19,21(26)18-9-5-3-6-10-18)22(27)24-15-7-4-8-16-24/h3,5-6,9-14H,4,7-8,15-16H2,1-2H3. The van der Waals surface area contributed by atoms with Gasteiger partial charge in [0.05, 0.1) is 7.11 Å². The number of nitrogens with zero attached hydrogens (tertiary/aromatic N) is 1. The predicted molar refractivity (Wildman–Crippen MR) is 107 cm³/mol. The monoisotopic (exact) mass is 379 g/mol. The molecule has 0 saturated carbocycles. The van der Waals surface area contributed by atoms with Crippen molar-refractivity contribution in [3.05, 3.63) is 65.7 Å². The van der Waals surface area contributed by atoms with Crippen molar-refractivity contribution in [2.24, 2.45) is 0 Å². The quantitative estimate of drug-likeness (QED) is 0.570. The summed E-state index contributed by atoms with van der Waals surface area (Å²) < 4.78 is 5.20. The highest BCUT2D eigenvalue weighted by atomic mass is 16.5. The Morgan fingerprint density at radius 1 is 0.893 bits per heavy atom. The number of amides is 1. The van der Waals surface area contributed by atoms with Crippen LogP contribution >= 0.6 is 0 Å². The van der Waals surface area contributed by atoms with Crippen LogP contribution in [0.2, 0.25) is 0 Å². The minimum atomic E-state index is -1.88. The number of benzene rings is 2. The molecule has 1 heterocycles. The first-order chi connectivity index (χ1) is 13.5. The van der Waals surface area contributed by atoms with Gasteiger partial charge in [-0.15, -0.1) is 0 Å². The fourth-order valence-electron chi connectivity index (χ4n) is 3.85. The SMILES string of the molecule is COc1ccc(C(C(C)=O)(C(=O)c2ccccc2)C(=O)N2CCCCC2)cc1. The average Bonchev–Trinajstić information content (AvgIpc) is 2.75. The molecule has 28 heavy (non-hydrogen) atoms. The third-order valence-electron chi connectivity index (χ3n) is 5.39. The fourth-order valence-corrected chi connectivity index (χ4v) is 3.85. The maximum absolute atomic E-state index is 13.7. The topological polar surface area (TPSA) is 63.7 Å². The molecule has 146 valence electrons. The normalized spacial score (nSPS) is 16.1. The minimum Gasteiger partial charge on any atom is -0.497 e. The molecule has 1 aliphatic rings. The van der Waals surface area contributed by atoms with E-state index in [0.29, 0.717) is 30.0 Å². The Balaban J connectivity index is 2.18. The summed E-state index contributed by atoms with van der Waals surface area (Å²) in [5.41, 5.74) is -1.16. The van der Waals surface area contributed by atoms with Crippen molar-refractivity contribution in [2.45, 2.75) is 31.6 Å². The third kappa shape index (κ3) is 3.44. The highest BCUT2D eigenvalue weighted by molar-refractivity contribution is 6.33. The van der Waals surface area contributed by atoms with Gasteiger partial charge in [0.25, 0.3) is 0 Å². The summed E-state index contributed by atoms with van der Waals surface area (Å²) in [5.74, 6) is -0.791. The summed E-state index contributed by atoms with van der Waals surface area (Å²) in [7, 11) is 1.54. The van der Waals surface area contributed by atoms with Crippen molar-refractivity contribution in [3.8, 4) is 5.75 Å². The van der Waals surface area contributed by atoms with Crippen LogP contribution in [0.5, 0.6) is 5.75 Å². The lowest BCUT2D eigenvalue weighted by Gasteiger charge is -2.36. The molecule has 2 aromatic carbocycles. The molecule has 1 saturated heterocycles. The summed E-state index contributed by atoms with van der Waals surface area (Å²) in [6, 6.07) is 15.2. The molecule has 2 aromatic rings. The number of likely N-dealkylation sites (tertiary alicyclic amines) is 1. The summed E-state index contributed by atoms with van der Waals surface area (Å²) in [4.78, 5) is 42.0. The van der Waals surface area contributed by atoms with Gasteiger partial charge in [-0.3, -0.25) is 14.4 Å². The maximum Gasteiger partial charge on any atom is 0.248 e. The van der Waals surface area contributed by atoms with Crippen LogP contribution in [0.15, 0.2) is 54.6 Å². The molecule has 0 aromatic heterocycles. The van der Waals surface area contributed by atoms with E-state index in [2.05, 4.69) is 0 Å². The van der Waals surface area contributed by atoms with Crippen molar-refractivity contribution in [1.82, 2.24) is 4.90 Å². The number of Topliss-reactive ketones (excluding diaryl/α,β-unsaturated/α-hetero) is 2. The van der Waals surface area contributed by atoms with Gasteiger partial charge in [-0.2, -0.15) is 0 Å². The molecule has 0 bridgehead atoms. The molecule has 0 radical (unpaired) electrons. The number of ether oxygens (including phenoxy) is 1. The molecule has 0 aliphatic carbocycles. The highest BCUT2D eigenvalue weighted by Gasteiger charge is 2.53. The molecular formula is C23H25NO4. The Morgan fingerprint density at radius 2 is 1.50 bits per heavy atom. The molecule has 1 aliphatic heterocycles. The molecule has 0 spiro atoms. The van der Waals surface area contributed by atoms with E-state index in [9.17, 15) is 14.4 Å². The van der Waals surface area contributed by atoms with Crippen LogP contribution in [0, 0.1) is 0 Å². The van der Waals surface area contributed by atoms with Crippen LogP contribution in [-0.4, -0.2) is 42.6 Å². The number of carbonyl (C=O) groups excluding carboxylic acids is 3. The molecule has 0 N–H and O–H groups in total. The van der Waals surface area contributed by atoms with E-state index in [1.165, 1.54) is 6.92 Å². The number of rotatable bonds is 6. The molecular weight excluding hydrogens is 354 g/mol. The molecule has 1 fully saturated rings. The molecule has 5 nitrogen and oxygen atoms in total. The van der Waals surface area contributed by atoms with Gasteiger partial charge in [-0.05, 0) is 43.9 Å². The van der Waals surface area contributed by atoms with Crippen molar-refractivity contribution in [2.75, 3.05) is 20.2 Å².